The van der Waals surface area contributed by atoms with E-state index < -0.39 is 5.60 Å². The fourth-order valence-corrected chi connectivity index (χ4v) is 3.31. The van der Waals surface area contributed by atoms with Gasteiger partial charge < -0.3 is 9.64 Å². The number of nitrogens with zero attached hydrogens (tertiary/aromatic N) is 1. The maximum absolute atomic E-state index is 12.4. The van der Waals surface area contributed by atoms with Gasteiger partial charge in [0.2, 0.25) is 0 Å². The highest BCUT2D eigenvalue weighted by Crippen LogP contribution is 2.42. The lowest BCUT2D eigenvalue weighted by Crippen LogP contribution is -2.55. The van der Waals surface area contributed by atoms with Crippen molar-refractivity contribution < 1.29 is 9.53 Å². The Kier molecular flexibility index (Phi) is 4.34. The first kappa shape index (κ1) is 15.3. The molecule has 0 aliphatic carbocycles. The first-order valence-corrected chi connectivity index (χ1v) is 7.12. The number of hydrogen-bond acceptors (Lipinski definition) is 2. The Hall–Kier alpha value is -0.730. The molecule has 1 aliphatic rings. The normalized spacial score (nSPS) is 19.7. The third-order valence-corrected chi connectivity index (χ3v) is 4.07. The van der Waals surface area contributed by atoms with Crippen LogP contribution in [0.15, 0.2) is 0 Å². The van der Waals surface area contributed by atoms with Gasteiger partial charge in [-0.15, -0.1) is 0 Å². The average Bonchev–Trinajstić information content (AvgIpc) is 2.59. The van der Waals surface area contributed by atoms with E-state index in [2.05, 4.69) is 27.7 Å². The van der Waals surface area contributed by atoms with Crippen molar-refractivity contribution in [3.8, 4) is 0 Å². The molecular formula is C15H29NO2. The summed E-state index contributed by atoms with van der Waals surface area (Å²) in [5.41, 5.74) is -0.457. The maximum atomic E-state index is 12.4. The Labute approximate surface area is 112 Å². The molecule has 0 atom stereocenters. The predicted octanol–water partition coefficient (Wildman–Crippen LogP) is 4.07. The molecule has 1 rings (SSSR count). The van der Waals surface area contributed by atoms with Gasteiger partial charge in [-0.05, 0) is 45.4 Å². The van der Waals surface area contributed by atoms with Gasteiger partial charge >= 0.3 is 6.09 Å². The molecule has 0 saturated carbocycles. The molecule has 106 valence electrons. The molecule has 1 amide bonds. The summed E-state index contributed by atoms with van der Waals surface area (Å²) in [5, 5.41) is 0. The number of carbonyl (C=O) groups is 1. The van der Waals surface area contributed by atoms with Crippen LogP contribution in [0.5, 0.6) is 0 Å². The Morgan fingerprint density at radius 1 is 1.17 bits per heavy atom. The van der Waals surface area contributed by atoms with E-state index in [4.69, 9.17) is 4.74 Å². The second-order valence-corrected chi connectivity index (χ2v) is 7.04. The lowest BCUT2D eigenvalue weighted by Gasteiger charge is -2.45. The van der Waals surface area contributed by atoms with Gasteiger partial charge in [-0.3, -0.25) is 0 Å². The van der Waals surface area contributed by atoms with Crippen LogP contribution in [-0.2, 0) is 4.74 Å². The summed E-state index contributed by atoms with van der Waals surface area (Å²) in [5.74, 6) is 0.903. The quantitative estimate of drug-likeness (QED) is 0.744. The molecule has 0 bridgehead atoms. The van der Waals surface area contributed by atoms with E-state index in [0.717, 1.165) is 19.4 Å². The van der Waals surface area contributed by atoms with Crippen LogP contribution >= 0.6 is 0 Å². The zero-order chi connectivity index (χ0) is 14.1. The fourth-order valence-electron chi connectivity index (χ4n) is 3.31. The van der Waals surface area contributed by atoms with Crippen LogP contribution in [0.2, 0.25) is 0 Å². The number of rotatable bonds is 2. The number of likely N-dealkylation sites (tertiary alicyclic amines) is 1. The van der Waals surface area contributed by atoms with Crippen LogP contribution < -0.4 is 0 Å². The molecule has 0 N–H and O–H groups in total. The van der Waals surface area contributed by atoms with Crippen molar-refractivity contribution in [2.75, 3.05) is 6.54 Å². The Morgan fingerprint density at radius 3 is 2.06 bits per heavy atom. The molecule has 0 aromatic heterocycles. The smallest absolute Gasteiger partial charge is 0.410 e. The molecule has 1 fully saturated rings. The fraction of sp³-hybridized carbons (Fsp3) is 0.933. The Bertz CT molecular complexity index is 294. The van der Waals surface area contributed by atoms with E-state index >= 15 is 0 Å². The first-order chi connectivity index (χ1) is 8.11. The minimum atomic E-state index is -0.417. The SMILES string of the molecule is CC(C)C1(C(C)C)CCCN1C(=O)OC(C)(C)C. The van der Waals surface area contributed by atoms with Crippen LogP contribution in [-0.4, -0.2) is 28.7 Å². The van der Waals surface area contributed by atoms with Crippen molar-refractivity contribution in [2.24, 2.45) is 11.8 Å². The third kappa shape index (κ3) is 2.81. The van der Waals surface area contributed by atoms with Crippen LogP contribution in [0.1, 0.15) is 61.3 Å². The number of ether oxygens (including phenoxy) is 1. The standard InChI is InChI=1S/C15H29NO2/c1-11(2)15(12(3)4)9-8-10-16(15)13(17)18-14(5,6)7/h11-12H,8-10H2,1-7H3. The summed E-state index contributed by atoms with van der Waals surface area (Å²) >= 11 is 0. The van der Waals surface area contributed by atoms with Crippen LogP contribution in [0.3, 0.4) is 0 Å². The molecule has 1 heterocycles. The minimum Gasteiger partial charge on any atom is -0.444 e. The summed E-state index contributed by atoms with van der Waals surface area (Å²) in [6.07, 6.45) is 2.01. The van der Waals surface area contributed by atoms with Crippen molar-refractivity contribution in [1.82, 2.24) is 4.90 Å². The van der Waals surface area contributed by atoms with Gasteiger partial charge in [-0.1, -0.05) is 27.7 Å². The van der Waals surface area contributed by atoms with E-state index in [1.807, 2.05) is 25.7 Å². The van der Waals surface area contributed by atoms with Crippen molar-refractivity contribution >= 4 is 6.09 Å². The second kappa shape index (κ2) is 5.10. The second-order valence-electron chi connectivity index (χ2n) is 7.04. The van der Waals surface area contributed by atoms with E-state index in [9.17, 15) is 4.79 Å². The summed E-state index contributed by atoms with van der Waals surface area (Å²) < 4.78 is 5.56. The highest BCUT2D eigenvalue weighted by molar-refractivity contribution is 5.69. The van der Waals surface area contributed by atoms with E-state index in [-0.39, 0.29) is 11.6 Å². The molecule has 0 radical (unpaired) electrons. The van der Waals surface area contributed by atoms with Crippen LogP contribution in [0.4, 0.5) is 4.79 Å². The Morgan fingerprint density at radius 2 is 1.67 bits per heavy atom. The first-order valence-electron chi connectivity index (χ1n) is 7.12. The van der Waals surface area contributed by atoms with Gasteiger partial charge in [0.1, 0.15) is 5.60 Å². The minimum absolute atomic E-state index is 0.0394. The van der Waals surface area contributed by atoms with Gasteiger partial charge in [0.25, 0.3) is 0 Å². The van der Waals surface area contributed by atoms with E-state index in [1.54, 1.807) is 0 Å². The molecule has 3 heteroatoms. The lowest BCUT2D eigenvalue weighted by atomic mass is 9.75. The number of carbonyl (C=O) groups excluding carboxylic acids is 1. The van der Waals surface area contributed by atoms with Crippen molar-refractivity contribution in [3.05, 3.63) is 0 Å². The highest BCUT2D eigenvalue weighted by atomic mass is 16.6. The molecule has 0 unspecified atom stereocenters. The molecule has 3 nitrogen and oxygen atoms in total. The zero-order valence-corrected chi connectivity index (χ0v) is 13.0. The molecular weight excluding hydrogens is 226 g/mol. The lowest BCUT2D eigenvalue weighted by molar-refractivity contribution is -0.0149. The topological polar surface area (TPSA) is 29.5 Å². The summed E-state index contributed by atoms with van der Waals surface area (Å²) in [6, 6.07) is 0. The Balaban J connectivity index is 2.96. The number of hydrogen-bond donors (Lipinski definition) is 0. The number of amides is 1. The van der Waals surface area contributed by atoms with Gasteiger partial charge in [0.05, 0.1) is 5.54 Å². The third-order valence-electron chi connectivity index (χ3n) is 4.07. The molecule has 18 heavy (non-hydrogen) atoms. The largest absolute Gasteiger partial charge is 0.444 e. The van der Waals surface area contributed by atoms with Gasteiger partial charge in [0, 0.05) is 6.54 Å². The van der Waals surface area contributed by atoms with Crippen molar-refractivity contribution in [1.29, 1.82) is 0 Å². The molecule has 0 aromatic carbocycles. The van der Waals surface area contributed by atoms with Crippen molar-refractivity contribution in [3.63, 3.8) is 0 Å². The van der Waals surface area contributed by atoms with Gasteiger partial charge in [-0.2, -0.15) is 0 Å². The van der Waals surface area contributed by atoms with Gasteiger partial charge in [0.15, 0.2) is 0 Å². The summed E-state index contributed by atoms with van der Waals surface area (Å²) in [6.45, 7) is 15.4. The van der Waals surface area contributed by atoms with E-state index in [0.29, 0.717) is 11.8 Å². The highest BCUT2D eigenvalue weighted by Gasteiger charge is 2.49. The van der Waals surface area contributed by atoms with Crippen LogP contribution in [0, 0.1) is 11.8 Å². The van der Waals surface area contributed by atoms with Crippen molar-refractivity contribution in [2.45, 2.75) is 72.4 Å². The zero-order valence-electron chi connectivity index (χ0n) is 13.0. The monoisotopic (exact) mass is 255 g/mol. The van der Waals surface area contributed by atoms with E-state index in [1.165, 1.54) is 0 Å². The summed E-state index contributed by atoms with van der Waals surface area (Å²) in [4.78, 5) is 14.4. The maximum Gasteiger partial charge on any atom is 0.410 e. The molecule has 0 aromatic rings. The average molecular weight is 255 g/mol. The molecule has 1 saturated heterocycles. The van der Waals surface area contributed by atoms with Crippen LogP contribution in [0.25, 0.3) is 0 Å². The molecule has 1 aliphatic heterocycles. The summed E-state index contributed by atoms with van der Waals surface area (Å²) in [7, 11) is 0. The predicted molar refractivity (Wildman–Crippen MR) is 74.6 cm³/mol. The van der Waals surface area contributed by atoms with Gasteiger partial charge in [-0.25, -0.2) is 4.79 Å². The molecule has 0 spiro atoms.